The van der Waals surface area contributed by atoms with Crippen molar-refractivity contribution in [2.75, 3.05) is 7.11 Å². The lowest BCUT2D eigenvalue weighted by molar-refractivity contribution is -0.145. The maximum absolute atomic E-state index is 11.3. The SMILES string of the molecule is CCCC(Oc1c(CC(N)CC)cccc1OC)C(=O)O. The third-order valence-corrected chi connectivity index (χ3v) is 3.37. The van der Waals surface area contributed by atoms with Crippen molar-refractivity contribution in [1.82, 2.24) is 0 Å². The summed E-state index contributed by atoms with van der Waals surface area (Å²) < 4.78 is 11.0. The van der Waals surface area contributed by atoms with Crippen LogP contribution in [0.4, 0.5) is 0 Å². The number of ether oxygens (including phenoxy) is 2. The van der Waals surface area contributed by atoms with E-state index in [0.717, 1.165) is 18.4 Å². The first kappa shape index (κ1) is 17.3. The standard InChI is InChI=1S/C16H25NO4/c1-4-7-14(16(18)19)21-15-11(10-12(17)5-2)8-6-9-13(15)20-3/h6,8-9,12,14H,4-5,7,10,17H2,1-3H3,(H,18,19). The van der Waals surface area contributed by atoms with Crippen LogP contribution in [0.15, 0.2) is 18.2 Å². The molecule has 5 nitrogen and oxygen atoms in total. The van der Waals surface area contributed by atoms with Gasteiger partial charge in [0.25, 0.3) is 0 Å². The number of nitrogens with two attached hydrogens (primary N) is 1. The van der Waals surface area contributed by atoms with Crippen LogP contribution in [0.2, 0.25) is 0 Å². The van der Waals surface area contributed by atoms with Gasteiger partial charge >= 0.3 is 5.97 Å². The topological polar surface area (TPSA) is 81.8 Å². The van der Waals surface area contributed by atoms with E-state index in [-0.39, 0.29) is 6.04 Å². The molecule has 0 fully saturated rings. The normalized spacial score (nSPS) is 13.5. The maximum Gasteiger partial charge on any atom is 0.344 e. The number of carboxylic acid groups (broad SMARTS) is 1. The molecule has 118 valence electrons. The van der Waals surface area contributed by atoms with Crippen LogP contribution in [-0.2, 0) is 11.2 Å². The fraction of sp³-hybridized carbons (Fsp3) is 0.562. The minimum Gasteiger partial charge on any atom is -0.493 e. The quantitative estimate of drug-likeness (QED) is 0.732. The molecule has 0 bridgehead atoms. The van der Waals surface area contributed by atoms with E-state index in [4.69, 9.17) is 15.2 Å². The van der Waals surface area contributed by atoms with Gasteiger partial charge in [-0.2, -0.15) is 0 Å². The van der Waals surface area contributed by atoms with Gasteiger partial charge < -0.3 is 20.3 Å². The van der Waals surface area contributed by atoms with E-state index in [2.05, 4.69) is 0 Å². The number of carbonyl (C=O) groups is 1. The highest BCUT2D eigenvalue weighted by molar-refractivity contribution is 5.73. The summed E-state index contributed by atoms with van der Waals surface area (Å²) in [7, 11) is 1.54. The third kappa shape index (κ3) is 4.93. The Morgan fingerprint density at radius 1 is 1.38 bits per heavy atom. The second-order valence-corrected chi connectivity index (χ2v) is 5.05. The van der Waals surface area contributed by atoms with E-state index >= 15 is 0 Å². The molecule has 0 saturated heterocycles. The molecule has 1 aromatic carbocycles. The molecular weight excluding hydrogens is 270 g/mol. The number of aliphatic carboxylic acids is 1. The summed E-state index contributed by atoms with van der Waals surface area (Å²) in [5, 5.41) is 9.26. The summed E-state index contributed by atoms with van der Waals surface area (Å²) in [5.41, 5.74) is 6.88. The second-order valence-electron chi connectivity index (χ2n) is 5.05. The summed E-state index contributed by atoms with van der Waals surface area (Å²) in [6.07, 6.45) is 1.78. The van der Waals surface area contributed by atoms with Crippen LogP contribution in [0.1, 0.15) is 38.7 Å². The van der Waals surface area contributed by atoms with E-state index in [0.29, 0.717) is 24.3 Å². The Morgan fingerprint density at radius 2 is 2.10 bits per heavy atom. The highest BCUT2D eigenvalue weighted by atomic mass is 16.5. The molecule has 0 aromatic heterocycles. The van der Waals surface area contributed by atoms with Crippen molar-refractivity contribution in [1.29, 1.82) is 0 Å². The predicted molar refractivity (Wildman–Crippen MR) is 81.9 cm³/mol. The van der Waals surface area contributed by atoms with Crippen LogP contribution >= 0.6 is 0 Å². The van der Waals surface area contributed by atoms with Crippen LogP contribution in [0.25, 0.3) is 0 Å². The van der Waals surface area contributed by atoms with Gasteiger partial charge in [0, 0.05) is 6.04 Å². The van der Waals surface area contributed by atoms with Gasteiger partial charge in [-0.15, -0.1) is 0 Å². The highest BCUT2D eigenvalue weighted by Gasteiger charge is 2.22. The van der Waals surface area contributed by atoms with Crippen molar-refractivity contribution in [2.24, 2.45) is 5.73 Å². The fourth-order valence-electron chi connectivity index (χ4n) is 2.08. The van der Waals surface area contributed by atoms with Crippen molar-refractivity contribution >= 4 is 5.97 Å². The van der Waals surface area contributed by atoms with Gasteiger partial charge in [0.2, 0.25) is 0 Å². The molecule has 0 saturated carbocycles. The first-order valence-electron chi connectivity index (χ1n) is 7.34. The van der Waals surface area contributed by atoms with E-state index in [9.17, 15) is 9.90 Å². The smallest absolute Gasteiger partial charge is 0.344 e. The zero-order valence-corrected chi connectivity index (χ0v) is 13.0. The minimum atomic E-state index is -0.964. The molecule has 1 aromatic rings. The monoisotopic (exact) mass is 295 g/mol. The number of para-hydroxylation sites is 1. The lowest BCUT2D eigenvalue weighted by atomic mass is 10.0. The number of hydrogen-bond donors (Lipinski definition) is 2. The van der Waals surface area contributed by atoms with Gasteiger partial charge in [-0.1, -0.05) is 32.4 Å². The van der Waals surface area contributed by atoms with Gasteiger partial charge in [0.05, 0.1) is 7.11 Å². The average molecular weight is 295 g/mol. The molecule has 0 spiro atoms. The molecule has 0 aliphatic heterocycles. The van der Waals surface area contributed by atoms with Crippen LogP contribution < -0.4 is 15.2 Å². The maximum atomic E-state index is 11.3. The van der Waals surface area contributed by atoms with Crippen molar-refractivity contribution < 1.29 is 19.4 Å². The minimum absolute atomic E-state index is 0.00825. The van der Waals surface area contributed by atoms with E-state index in [1.54, 1.807) is 13.2 Å². The third-order valence-electron chi connectivity index (χ3n) is 3.37. The zero-order valence-electron chi connectivity index (χ0n) is 13.0. The number of carboxylic acids is 1. The molecule has 3 N–H and O–H groups in total. The molecule has 0 heterocycles. The van der Waals surface area contributed by atoms with Gasteiger partial charge in [0.15, 0.2) is 17.6 Å². The zero-order chi connectivity index (χ0) is 15.8. The fourth-order valence-corrected chi connectivity index (χ4v) is 2.08. The van der Waals surface area contributed by atoms with Crippen molar-refractivity contribution in [3.8, 4) is 11.5 Å². The second kappa shape index (κ2) is 8.52. The Hall–Kier alpha value is -1.75. The summed E-state index contributed by atoms with van der Waals surface area (Å²) in [6, 6.07) is 5.53. The van der Waals surface area contributed by atoms with Crippen molar-refractivity contribution in [3.05, 3.63) is 23.8 Å². The summed E-state index contributed by atoms with van der Waals surface area (Å²) in [4.78, 5) is 11.3. The van der Waals surface area contributed by atoms with Crippen molar-refractivity contribution in [3.63, 3.8) is 0 Å². The Morgan fingerprint density at radius 3 is 2.62 bits per heavy atom. The van der Waals surface area contributed by atoms with E-state index in [1.807, 2.05) is 26.0 Å². The molecule has 5 heteroatoms. The number of methoxy groups -OCH3 is 1. The van der Waals surface area contributed by atoms with Crippen LogP contribution in [0, 0.1) is 0 Å². The largest absolute Gasteiger partial charge is 0.493 e. The number of benzene rings is 1. The Kier molecular flexibility index (Phi) is 7.02. The molecule has 2 atom stereocenters. The highest BCUT2D eigenvalue weighted by Crippen LogP contribution is 2.33. The van der Waals surface area contributed by atoms with Gasteiger partial charge in [0.1, 0.15) is 0 Å². The molecule has 0 aliphatic carbocycles. The molecule has 0 aliphatic rings. The van der Waals surface area contributed by atoms with Gasteiger partial charge in [-0.25, -0.2) is 4.79 Å². The Balaban J connectivity index is 3.08. The molecule has 2 unspecified atom stereocenters. The van der Waals surface area contributed by atoms with Crippen LogP contribution in [-0.4, -0.2) is 30.3 Å². The Bertz CT molecular complexity index is 462. The molecule has 1 rings (SSSR count). The molecule has 21 heavy (non-hydrogen) atoms. The van der Waals surface area contributed by atoms with Crippen LogP contribution in [0.5, 0.6) is 11.5 Å². The van der Waals surface area contributed by atoms with Crippen LogP contribution in [0.3, 0.4) is 0 Å². The van der Waals surface area contributed by atoms with E-state index in [1.165, 1.54) is 0 Å². The molecule has 0 amide bonds. The number of rotatable bonds is 9. The summed E-state index contributed by atoms with van der Waals surface area (Å²) in [5.74, 6) is 0.0661. The van der Waals surface area contributed by atoms with Gasteiger partial charge in [-0.3, -0.25) is 0 Å². The van der Waals surface area contributed by atoms with E-state index < -0.39 is 12.1 Å². The van der Waals surface area contributed by atoms with Crippen molar-refractivity contribution in [2.45, 2.75) is 51.7 Å². The first-order valence-corrected chi connectivity index (χ1v) is 7.34. The van der Waals surface area contributed by atoms with Gasteiger partial charge in [-0.05, 0) is 30.9 Å². The lowest BCUT2D eigenvalue weighted by Gasteiger charge is -2.20. The lowest BCUT2D eigenvalue weighted by Crippen LogP contribution is -2.28. The first-order chi connectivity index (χ1) is 10.0. The molecular formula is C16H25NO4. The molecule has 0 radical (unpaired) electrons. The summed E-state index contributed by atoms with van der Waals surface area (Å²) in [6.45, 7) is 3.94. The summed E-state index contributed by atoms with van der Waals surface area (Å²) >= 11 is 0. The number of hydrogen-bond acceptors (Lipinski definition) is 4. The Labute approximate surface area is 126 Å². The predicted octanol–water partition coefficient (Wildman–Crippen LogP) is 2.61. The average Bonchev–Trinajstić information content (AvgIpc) is 2.47.